The van der Waals surface area contributed by atoms with Gasteiger partial charge < -0.3 is 4.74 Å². The van der Waals surface area contributed by atoms with Crippen molar-refractivity contribution < 1.29 is 13.9 Å². The molecule has 3 nitrogen and oxygen atoms in total. The van der Waals surface area contributed by atoms with Crippen molar-refractivity contribution in [3.8, 4) is 11.1 Å². The fourth-order valence-corrected chi connectivity index (χ4v) is 3.98. The first-order valence-corrected chi connectivity index (χ1v) is 8.96. The molecule has 0 unspecified atom stereocenters. The van der Waals surface area contributed by atoms with Crippen LogP contribution >= 0.6 is 0 Å². The van der Waals surface area contributed by atoms with E-state index in [2.05, 4.69) is 6.07 Å². The number of carbonyl (C=O) groups is 1. The largest absolute Gasteiger partial charge is 0.441 e. The molecule has 0 bridgehead atoms. The van der Waals surface area contributed by atoms with Gasteiger partial charge in [-0.05, 0) is 60.6 Å². The summed E-state index contributed by atoms with van der Waals surface area (Å²) in [7, 11) is 0. The topological polar surface area (TPSA) is 29.5 Å². The Balaban J connectivity index is 1.50. The first-order chi connectivity index (χ1) is 12.1. The van der Waals surface area contributed by atoms with Gasteiger partial charge >= 0.3 is 6.09 Å². The lowest BCUT2D eigenvalue weighted by molar-refractivity contribution is 0.0260. The number of hydrogen-bond donors (Lipinski definition) is 0. The van der Waals surface area contributed by atoms with Crippen molar-refractivity contribution in [2.24, 2.45) is 0 Å². The zero-order valence-corrected chi connectivity index (χ0v) is 14.2. The van der Waals surface area contributed by atoms with Gasteiger partial charge in [0.1, 0.15) is 11.4 Å². The van der Waals surface area contributed by atoms with E-state index in [1.54, 1.807) is 12.1 Å². The molecule has 130 valence electrons. The average molecular weight is 339 g/mol. The van der Waals surface area contributed by atoms with Crippen LogP contribution in [-0.4, -0.2) is 23.1 Å². The molecule has 0 N–H and O–H groups in total. The Morgan fingerprint density at radius 1 is 1.00 bits per heavy atom. The van der Waals surface area contributed by atoms with Gasteiger partial charge in [-0.15, -0.1) is 0 Å². The monoisotopic (exact) mass is 339 g/mol. The number of halogens is 1. The molecule has 1 aliphatic heterocycles. The molecule has 2 aromatic carbocycles. The Labute approximate surface area is 147 Å². The van der Waals surface area contributed by atoms with Gasteiger partial charge in [0, 0.05) is 6.54 Å². The van der Waals surface area contributed by atoms with Crippen LogP contribution in [0.4, 0.5) is 9.18 Å². The quantitative estimate of drug-likeness (QED) is 0.774. The summed E-state index contributed by atoms with van der Waals surface area (Å²) in [5.74, 6) is -0.238. The van der Waals surface area contributed by atoms with Crippen molar-refractivity contribution in [2.75, 3.05) is 6.54 Å². The minimum absolute atomic E-state index is 0.200. The molecule has 0 aromatic heterocycles. The zero-order valence-electron chi connectivity index (χ0n) is 14.2. The minimum Gasteiger partial charge on any atom is -0.441 e. The first kappa shape index (κ1) is 16.1. The maximum absolute atomic E-state index is 13.1. The van der Waals surface area contributed by atoms with Gasteiger partial charge in [-0.2, -0.15) is 0 Å². The van der Waals surface area contributed by atoms with E-state index < -0.39 is 0 Å². The number of benzene rings is 2. The second kappa shape index (κ2) is 6.51. The van der Waals surface area contributed by atoms with Crippen molar-refractivity contribution in [2.45, 2.75) is 44.2 Å². The Hall–Kier alpha value is -2.36. The molecule has 1 spiro atoms. The SMILES string of the molecule is O=C1OC2(CCCCC2)CN1Cc1cccc(-c2ccc(F)cc2)c1. The van der Waals surface area contributed by atoms with Gasteiger partial charge in [-0.1, -0.05) is 36.8 Å². The number of hydrogen-bond acceptors (Lipinski definition) is 2. The van der Waals surface area contributed by atoms with Gasteiger partial charge in [-0.3, -0.25) is 4.90 Å². The standard InChI is InChI=1S/C21H22FNO2/c22-19-9-7-17(8-10-19)18-6-4-5-16(13-18)14-23-15-21(25-20(23)24)11-2-1-3-12-21/h4-10,13H,1-3,11-12,14-15H2. The molecule has 2 aliphatic rings. The smallest absolute Gasteiger partial charge is 0.410 e. The molecule has 0 radical (unpaired) electrons. The fraction of sp³-hybridized carbons (Fsp3) is 0.381. The molecule has 4 rings (SSSR count). The molecule has 2 fully saturated rings. The molecule has 2 aromatic rings. The van der Waals surface area contributed by atoms with Gasteiger partial charge in [0.25, 0.3) is 0 Å². The Morgan fingerprint density at radius 3 is 2.52 bits per heavy atom. The molecule has 1 heterocycles. The van der Waals surface area contributed by atoms with E-state index in [1.807, 2.05) is 23.1 Å². The van der Waals surface area contributed by atoms with Gasteiger partial charge in [0.15, 0.2) is 0 Å². The van der Waals surface area contributed by atoms with Gasteiger partial charge in [-0.25, -0.2) is 9.18 Å². The van der Waals surface area contributed by atoms with E-state index >= 15 is 0 Å². The minimum atomic E-state index is -0.260. The van der Waals surface area contributed by atoms with Crippen LogP contribution in [-0.2, 0) is 11.3 Å². The molecule has 0 atom stereocenters. The Morgan fingerprint density at radius 2 is 1.76 bits per heavy atom. The summed E-state index contributed by atoms with van der Waals surface area (Å²) < 4.78 is 18.9. The van der Waals surface area contributed by atoms with Crippen molar-refractivity contribution in [1.82, 2.24) is 4.90 Å². The van der Waals surface area contributed by atoms with Gasteiger partial charge in [0.2, 0.25) is 0 Å². The summed E-state index contributed by atoms with van der Waals surface area (Å²) >= 11 is 0. The van der Waals surface area contributed by atoms with E-state index in [4.69, 9.17) is 4.74 Å². The first-order valence-electron chi connectivity index (χ1n) is 8.96. The highest BCUT2D eigenvalue weighted by atomic mass is 19.1. The van der Waals surface area contributed by atoms with E-state index in [-0.39, 0.29) is 17.5 Å². The summed E-state index contributed by atoms with van der Waals surface area (Å²) in [5.41, 5.74) is 2.80. The predicted molar refractivity (Wildman–Crippen MR) is 94.5 cm³/mol. The summed E-state index contributed by atoms with van der Waals surface area (Å²) in [6.45, 7) is 1.24. The highest BCUT2D eigenvalue weighted by molar-refractivity contribution is 5.71. The summed E-state index contributed by atoms with van der Waals surface area (Å²) in [5, 5.41) is 0. The van der Waals surface area contributed by atoms with Crippen LogP contribution in [0.25, 0.3) is 11.1 Å². The van der Waals surface area contributed by atoms with Crippen molar-refractivity contribution in [1.29, 1.82) is 0 Å². The molecule has 25 heavy (non-hydrogen) atoms. The van der Waals surface area contributed by atoms with Crippen molar-refractivity contribution in [3.05, 3.63) is 59.9 Å². The average Bonchev–Trinajstić information content (AvgIpc) is 2.91. The molecule has 4 heteroatoms. The summed E-state index contributed by atoms with van der Waals surface area (Å²) in [6, 6.07) is 14.5. The molecule has 1 amide bonds. The van der Waals surface area contributed by atoms with E-state index in [0.29, 0.717) is 13.1 Å². The lowest BCUT2D eigenvalue weighted by Gasteiger charge is -2.30. The third kappa shape index (κ3) is 3.39. The van der Waals surface area contributed by atoms with Crippen LogP contribution in [0.5, 0.6) is 0 Å². The van der Waals surface area contributed by atoms with E-state index in [1.165, 1.54) is 18.6 Å². The van der Waals surface area contributed by atoms with Crippen LogP contribution in [0.1, 0.15) is 37.7 Å². The molecular weight excluding hydrogens is 317 g/mol. The third-order valence-electron chi connectivity index (χ3n) is 5.28. The molecule has 1 aliphatic carbocycles. The Bertz CT molecular complexity index is 766. The summed E-state index contributed by atoms with van der Waals surface area (Å²) in [6.07, 6.45) is 5.27. The number of amides is 1. The predicted octanol–water partition coefficient (Wildman–Crippen LogP) is 5.15. The molecule has 1 saturated heterocycles. The van der Waals surface area contributed by atoms with Crippen LogP contribution < -0.4 is 0 Å². The summed E-state index contributed by atoms with van der Waals surface area (Å²) in [4.78, 5) is 14.1. The number of nitrogens with zero attached hydrogens (tertiary/aromatic N) is 1. The van der Waals surface area contributed by atoms with E-state index in [9.17, 15) is 9.18 Å². The van der Waals surface area contributed by atoms with Crippen molar-refractivity contribution >= 4 is 6.09 Å². The third-order valence-corrected chi connectivity index (χ3v) is 5.28. The molecular formula is C21H22FNO2. The van der Waals surface area contributed by atoms with E-state index in [0.717, 1.165) is 42.4 Å². The zero-order chi connectivity index (χ0) is 17.3. The second-order valence-corrected chi connectivity index (χ2v) is 7.17. The van der Waals surface area contributed by atoms with Gasteiger partial charge in [0.05, 0.1) is 6.54 Å². The van der Waals surface area contributed by atoms with Crippen LogP contribution in [0.15, 0.2) is 48.5 Å². The maximum Gasteiger partial charge on any atom is 0.410 e. The maximum atomic E-state index is 13.1. The molecule has 1 saturated carbocycles. The number of rotatable bonds is 3. The lowest BCUT2D eigenvalue weighted by atomic mass is 9.85. The normalized spacial score (nSPS) is 19.2. The lowest BCUT2D eigenvalue weighted by Crippen LogP contribution is -2.36. The number of carbonyl (C=O) groups excluding carboxylic acids is 1. The highest BCUT2D eigenvalue weighted by Crippen LogP contribution is 2.37. The Kier molecular flexibility index (Phi) is 4.20. The fourth-order valence-electron chi connectivity index (χ4n) is 3.98. The highest BCUT2D eigenvalue weighted by Gasteiger charge is 2.45. The number of ether oxygens (including phenoxy) is 1. The van der Waals surface area contributed by atoms with Crippen molar-refractivity contribution in [3.63, 3.8) is 0 Å². The van der Waals surface area contributed by atoms with Crippen LogP contribution in [0.3, 0.4) is 0 Å². The van der Waals surface area contributed by atoms with Crippen LogP contribution in [0.2, 0.25) is 0 Å². The van der Waals surface area contributed by atoms with Crippen LogP contribution in [0, 0.1) is 5.82 Å². The second-order valence-electron chi connectivity index (χ2n) is 7.17.